The maximum Gasteiger partial charge on any atom is 0.282 e. The Bertz CT molecular complexity index is 1620. The van der Waals surface area contributed by atoms with E-state index >= 15 is 0 Å². The number of nitrogens with two attached hydrogens (primary N) is 1. The Hall–Kier alpha value is -4.75. The third-order valence-corrected chi connectivity index (χ3v) is 6.39. The average Bonchev–Trinajstić information content (AvgIpc) is 3.23. The number of hydrogen-bond donors (Lipinski definition) is 2. The second-order valence-electron chi connectivity index (χ2n) is 9.25. The van der Waals surface area contributed by atoms with Crippen LogP contribution in [-0.2, 0) is 17.8 Å². The fourth-order valence-corrected chi connectivity index (χ4v) is 4.57. The minimum absolute atomic E-state index is 0.0783. The van der Waals surface area contributed by atoms with Crippen molar-refractivity contribution in [2.75, 3.05) is 0 Å². The van der Waals surface area contributed by atoms with Crippen LogP contribution >= 0.6 is 0 Å². The Morgan fingerprint density at radius 1 is 0.952 bits per heavy atom. The second-order valence-corrected chi connectivity index (χ2v) is 9.25. The van der Waals surface area contributed by atoms with Crippen molar-refractivity contribution in [3.8, 4) is 11.1 Å². The summed E-state index contributed by atoms with van der Waals surface area (Å²) in [5.74, 6) is -4.71. The van der Waals surface area contributed by atoms with E-state index in [1.807, 2.05) is 0 Å². The molecule has 0 bridgehead atoms. The molecular formula is C28H22F7N5O2. The molecule has 2 aromatic carbocycles. The van der Waals surface area contributed by atoms with Crippen LogP contribution in [0.4, 0.5) is 30.7 Å². The maximum absolute atomic E-state index is 14.2. The fourth-order valence-electron chi connectivity index (χ4n) is 4.57. The highest BCUT2D eigenvalue weighted by molar-refractivity contribution is 5.94. The molecule has 1 atom stereocenters. The third kappa shape index (κ3) is 6.58. The van der Waals surface area contributed by atoms with Gasteiger partial charge in [-0.15, -0.1) is 0 Å². The molecule has 0 aliphatic rings. The summed E-state index contributed by atoms with van der Waals surface area (Å²) in [5, 5.41) is 6.04. The second kappa shape index (κ2) is 12.4. The van der Waals surface area contributed by atoms with Gasteiger partial charge in [0.1, 0.15) is 35.4 Å². The van der Waals surface area contributed by atoms with Gasteiger partial charge in [0.15, 0.2) is 0 Å². The normalized spacial score (nSPS) is 12.1. The Morgan fingerprint density at radius 2 is 1.64 bits per heavy atom. The van der Waals surface area contributed by atoms with Gasteiger partial charge >= 0.3 is 0 Å². The van der Waals surface area contributed by atoms with Gasteiger partial charge in [-0.2, -0.15) is 5.10 Å². The van der Waals surface area contributed by atoms with Gasteiger partial charge in [0.25, 0.3) is 18.8 Å². The minimum atomic E-state index is -3.22. The highest BCUT2D eigenvalue weighted by atomic mass is 19.3. The van der Waals surface area contributed by atoms with Crippen LogP contribution in [0.1, 0.15) is 57.5 Å². The molecule has 2 aromatic heterocycles. The number of benzene rings is 2. The summed E-state index contributed by atoms with van der Waals surface area (Å²) in [6.07, 6.45) is -5.32. The number of halogens is 7. The number of alkyl halides is 4. The smallest absolute Gasteiger partial charge is 0.282 e. The molecule has 0 unspecified atom stereocenters. The molecule has 4 aromatic rings. The lowest BCUT2D eigenvalue weighted by molar-refractivity contribution is -0.122. The molecule has 0 aliphatic heterocycles. The van der Waals surface area contributed by atoms with Crippen LogP contribution in [0.25, 0.3) is 11.1 Å². The van der Waals surface area contributed by atoms with E-state index in [1.165, 1.54) is 24.4 Å². The molecule has 2 heterocycles. The molecule has 0 spiro atoms. The number of rotatable bonds is 10. The zero-order valence-corrected chi connectivity index (χ0v) is 21.7. The minimum Gasteiger partial charge on any atom is -0.366 e. The first-order valence-electron chi connectivity index (χ1n) is 12.3. The average molecular weight is 594 g/mol. The van der Waals surface area contributed by atoms with E-state index in [-0.39, 0.29) is 28.8 Å². The van der Waals surface area contributed by atoms with Crippen molar-refractivity contribution >= 4 is 11.8 Å². The van der Waals surface area contributed by atoms with Gasteiger partial charge in [-0.05, 0) is 54.8 Å². The van der Waals surface area contributed by atoms with Gasteiger partial charge in [0, 0.05) is 23.4 Å². The van der Waals surface area contributed by atoms with Crippen LogP contribution < -0.4 is 11.1 Å². The summed E-state index contributed by atoms with van der Waals surface area (Å²) in [5.41, 5.74) is 3.29. The number of pyridine rings is 1. The molecule has 0 saturated carbocycles. The summed E-state index contributed by atoms with van der Waals surface area (Å²) < 4.78 is 96.6. The van der Waals surface area contributed by atoms with Crippen LogP contribution in [-0.4, -0.2) is 26.6 Å². The van der Waals surface area contributed by atoms with Crippen molar-refractivity contribution in [3.05, 3.63) is 106 Å². The van der Waals surface area contributed by atoms with Crippen molar-refractivity contribution in [2.45, 2.75) is 38.8 Å². The zero-order chi connectivity index (χ0) is 30.7. The van der Waals surface area contributed by atoms with Crippen LogP contribution in [0.5, 0.6) is 0 Å². The summed E-state index contributed by atoms with van der Waals surface area (Å²) in [6, 6.07) is 7.96. The van der Waals surface area contributed by atoms with Crippen LogP contribution in [0, 0.1) is 24.4 Å². The van der Waals surface area contributed by atoms with Crippen molar-refractivity contribution in [1.29, 1.82) is 0 Å². The lowest BCUT2D eigenvalue weighted by Crippen LogP contribution is -2.34. The highest BCUT2D eigenvalue weighted by Gasteiger charge is 2.28. The topological polar surface area (TPSA) is 103 Å². The van der Waals surface area contributed by atoms with E-state index in [4.69, 9.17) is 5.73 Å². The molecule has 42 heavy (non-hydrogen) atoms. The number of carbonyl (C=O) groups is 2. The Kier molecular flexibility index (Phi) is 8.93. The summed E-state index contributed by atoms with van der Waals surface area (Å²) >= 11 is 0. The molecule has 220 valence electrons. The van der Waals surface area contributed by atoms with Gasteiger partial charge in [-0.1, -0.05) is 12.1 Å². The van der Waals surface area contributed by atoms with E-state index in [1.54, 1.807) is 0 Å². The van der Waals surface area contributed by atoms with Gasteiger partial charge in [0.2, 0.25) is 5.91 Å². The summed E-state index contributed by atoms with van der Waals surface area (Å²) in [7, 11) is 0. The van der Waals surface area contributed by atoms with Crippen molar-refractivity contribution < 1.29 is 40.3 Å². The number of nitrogens with one attached hydrogen (secondary N) is 1. The first-order valence-corrected chi connectivity index (χ1v) is 12.3. The standard InChI is InChI=1S/C28H22F7N5O2/c1-13-23(26(32)33)39-40(25(13)27(34)35)12-22(41)38-21(9-14-7-16(29)11-17(30)8-14)24-18(3-2-6-37-24)15-4-5-20(31)19(10-15)28(36)42/h2-8,10-11,21,26-27H,9,12H2,1H3,(H2,36,42)(H,38,41)/t21-/m0/s1. The molecule has 0 aliphatic carbocycles. The van der Waals surface area contributed by atoms with Crippen molar-refractivity contribution in [1.82, 2.24) is 20.1 Å². The molecule has 3 N–H and O–H groups in total. The molecule has 14 heteroatoms. The molecule has 7 nitrogen and oxygen atoms in total. The zero-order valence-electron chi connectivity index (χ0n) is 21.7. The van der Waals surface area contributed by atoms with Gasteiger partial charge in [-0.25, -0.2) is 30.7 Å². The number of carbonyl (C=O) groups excluding carboxylic acids is 2. The lowest BCUT2D eigenvalue weighted by Gasteiger charge is -2.22. The van der Waals surface area contributed by atoms with E-state index in [0.717, 1.165) is 31.2 Å². The molecule has 4 rings (SSSR count). The van der Waals surface area contributed by atoms with Gasteiger partial charge < -0.3 is 11.1 Å². The summed E-state index contributed by atoms with van der Waals surface area (Å²) in [4.78, 5) is 29.1. The monoisotopic (exact) mass is 593 g/mol. The number of primary amides is 1. The van der Waals surface area contributed by atoms with Gasteiger partial charge in [-0.3, -0.25) is 19.3 Å². The first kappa shape index (κ1) is 30.2. The predicted octanol–water partition coefficient (Wildman–Crippen LogP) is 5.75. The maximum atomic E-state index is 14.2. The third-order valence-electron chi connectivity index (χ3n) is 6.39. The predicted molar refractivity (Wildman–Crippen MR) is 136 cm³/mol. The number of amides is 2. The quantitative estimate of drug-likeness (QED) is 0.229. The highest BCUT2D eigenvalue weighted by Crippen LogP contribution is 2.32. The Morgan fingerprint density at radius 3 is 2.26 bits per heavy atom. The van der Waals surface area contributed by atoms with Crippen molar-refractivity contribution in [2.24, 2.45) is 5.73 Å². The molecule has 2 amide bonds. The fraction of sp³-hybridized carbons (Fsp3) is 0.214. The summed E-state index contributed by atoms with van der Waals surface area (Å²) in [6.45, 7) is 0.140. The van der Waals surface area contributed by atoms with Crippen molar-refractivity contribution in [3.63, 3.8) is 0 Å². The number of nitrogens with zero attached hydrogens (tertiary/aromatic N) is 3. The Labute approximate surface area is 234 Å². The van der Waals surface area contributed by atoms with Gasteiger partial charge in [0.05, 0.1) is 17.3 Å². The molecular weight excluding hydrogens is 571 g/mol. The van der Waals surface area contributed by atoms with E-state index in [0.29, 0.717) is 10.7 Å². The van der Waals surface area contributed by atoms with E-state index < -0.39 is 77.2 Å². The van der Waals surface area contributed by atoms with E-state index in [9.17, 15) is 40.3 Å². The van der Waals surface area contributed by atoms with Crippen LogP contribution in [0.2, 0.25) is 0 Å². The van der Waals surface area contributed by atoms with E-state index in [2.05, 4.69) is 15.4 Å². The largest absolute Gasteiger partial charge is 0.366 e. The molecule has 0 fully saturated rings. The Balaban J connectivity index is 1.76. The number of aromatic nitrogens is 3. The molecule has 0 saturated heterocycles. The van der Waals surface area contributed by atoms with Crippen LogP contribution in [0.3, 0.4) is 0 Å². The number of hydrogen-bond acceptors (Lipinski definition) is 4. The molecule has 0 radical (unpaired) electrons. The van der Waals surface area contributed by atoms with Crippen LogP contribution in [0.15, 0.2) is 54.7 Å². The lowest BCUT2D eigenvalue weighted by atomic mass is 9.94. The first-order chi connectivity index (χ1) is 19.8. The SMILES string of the molecule is Cc1c(C(F)F)nn(CC(=O)N[C@@H](Cc2cc(F)cc(F)c2)c2ncccc2-c2ccc(F)c(C(N)=O)c2)c1C(F)F.